The topological polar surface area (TPSA) is 12.0 Å². The summed E-state index contributed by atoms with van der Waals surface area (Å²) in [4.78, 5) is 0. The van der Waals surface area contributed by atoms with Crippen LogP contribution in [0.25, 0.3) is 11.1 Å². The van der Waals surface area contributed by atoms with Gasteiger partial charge >= 0.3 is 0 Å². The molecule has 3 aromatic rings. The lowest BCUT2D eigenvalue weighted by Gasteiger charge is -2.07. The number of benzene rings is 3. The van der Waals surface area contributed by atoms with Crippen LogP contribution in [-0.4, -0.2) is 6.54 Å². The first-order valence-corrected chi connectivity index (χ1v) is 7.81. The first-order chi connectivity index (χ1) is 10.9. The molecule has 2 heteroatoms. The van der Waals surface area contributed by atoms with Crippen LogP contribution in [0.1, 0.15) is 11.1 Å². The fraction of sp³-hybridized carbons (Fsp3) is 0.143. The van der Waals surface area contributed by atoms with Gasteiger partial charge in [-0.2, -0.15) is 0 Å². The Kier molecular flexibility index (Phi) is 6.86. The van der Waals surface area contributed by atoms with E-state index in [9.17, 15) is 0 Å². The van der Waals surface area contributed by atoms with Gasteiger partial charge in [0.15, 0.2) is 0 Å². The molecule has 0 radical (unpaired) electrons. The van der Waals surface area contributed by atoms with Crippen molar-refractivity contribution in [3.8, 4) is 11.1 Å². The van der Waals surface area contributed by atoms with Crippen LogP contribution in [0.3, 0.4) is 0 Å². The fourth-order valence-corrected chi connectivity index (χ4v) is 2.56. The highest BCUT2D eigenvalue weighted by atomic mass is 35.5. The summed E-state index contributed by atoms with van der Waals surface area (Å²) in [5, 5.41) is 3.51. The SMILES string of the molecule is Cl.c1ccc(CCNCc2ccc(-c3ccccc3)cc2)cc1. The molecule has 0 amide bonds. The molecule has 0 unspecified atom stereocenters. The van der Waals surface area contributed by atoms with Crippen molar-refractivity contribution in [2.45, 2.75) is 13.0 Å². The summed E-state index contributed by atoms with van der Waals surface area (Å²) in [6, 6.07) is 29.9. The highest BCUT2D eigenvalue weighted by molar-refractivity contribution is 5.85. The maximum absolute atomic E-state index is 3.51. The van der Waals surface area contributed by atoms with Gasteiger partial charge in [0.2, 0.25) is 0 Å². The fourth-order valence-electron chi connectivity index (χ4n) is 2.56. The Morgan fingerprint density at radius 1 is 0.565 bits per heavy atom. The Morgan fingerprint density at radius 3 is 1.78 bits per heavy atom. The molecule has 118 valence electrons. The van der Waals surface area contributed by atoms with Crippen molar-refractivity contribution in [3.05, 3.63) is 96.1 Å². The molecule has 0 atom stereocenters. The van der Waals surface area contributed by atoms with Crippen molar-refractivity contribution < 1.29 is 0 Å². The summed E-state index contributed by atoms with van der Waals surface area (Å²) >= 11 is 0. The Bertz CT molecular complexity index is 678. The van der Waals surface area contributed by atoms with Crippen molar-refractivity contribution in [3.63, 3.8) is 0 Å². The van der Waals surface area contributed by atoms with Crippen molar-refractivity contribution in [2.75, 3.05) is 6.54 Å². The molecule has 3 aromatic carbocycles. The first kappa shape index (κ1) is 17.3. The molecule has 0 heterocycles. The van der Waals surface area contributed by atoms with Gasteiger partial charge in [0.05, 0.1) is 0 Å². The smallest absolute Gasteiger partial charge is 0.0205 e. The molecule has 3 rings (SSSR count). The van der Waals surface area contributed by atoms with E-state index >= 15 is 0 Å². The van der Waals surface area contributed by atoms with E-state index in [4.69, 9.17) is 0 Å². The predicted molar refractivity (Wildman–Crippen MR) is 101 cm³/mol. The highest BCUT2D eigenvalue weighted by Gasteiger charge is 1.98. The van der Waals surface area contributed by atoms with E-state index in [0.29, 0.717) is 0 Å². The normalized spacial score (nSPS) is 10.1. The predicted octanol–water partition coefficient (Wildman–Crippen LogP) is 5.11. The van der Waals surface area contributed by atoms with Crippen LogP contribution < -0.4 is 5.32 Å². The molecule has 0 aliphatic heterocycles. The van der Waals surface area contributed by atoms with Crippen molar-refractivity contribution >= 4 is 12.4 Å². The Hall–Kier alpha value is -2.09. The van der Waals surface area contributed by atoms with Crippen molar-refractivity contribution in [1.29, 1.82) is 0 Å². The third-order valence-corrected chi connectivity index (χ3v) is 3.82. The number of rotatable bonds is 6. The van der Waals surface area contributed by atoms with E-state index in [2.05, 4.69) is 90.2 Å². The molecule has 0 fully saturated rings. The number of nitrogens with one attached hydrogen (secondary N) is 1. The Balaban J connectivity index is 0.00000192. The molecule has 0 bridgehead atoms. The van der Waals surface area contributed by atoms with Gasteiger partial charge < -0.3 is 5.32 Å². The minimum absolute atomic E-state index is 0. The summed E-state index contributed by atoms with van der Waals surface area (Å²) in [5.74, 6) is 0. The molecule has 0 saturated carbocycles. The van der Waals surface area contributed by atoms with Crippen molar-refractivity contribution in [1.82, 2.24) is 5.32 Å². The minimum atomic E-state index is 0. The van der Waals surface area contributed by atoms with E-state index in [0.717, 1.165) is 19.5 Å². The summed E-state index contributed by atoms with van der Waals surface area (Å²) in [7, 11) is 0. The summed E-state index contributed by atoms with van der Waals surface area (Å²) in [6.07, 6.45) is 1.07. The van der Waals surface area contributed by atoms with Crippen LogP contribution in [0.15, 0.2) is 84.9 Å². The zero-order chi connectivity index (χ0) is 15.0. The third kappa shape index (κ3) is 5.24. The molecule has 0 aromatic heterocycles. The molecule has 0 saturated heterocycles. The van der Waals surface area contributed by atoms with Gasteiger partial charge in [-0.05, 0) is 35.2 Å². The average Bonchev–Trinajstić information content (AvgIpc) is 2.61. The van der Waals surface area contributed by atoms with Crippen LogP contribution in [0.2, 0.25) is 0 Å². The molecular formula is C21H22ClN. The maximum atomic E-state index is 3.51. The van der Waals surface area contributed by atoms with Gasteiger partial charge in [0, 0.05) is 6.54 Å². The number of hydrogen-bond acceptors (Lipinski definition) is 1. The van der Waals surface area contributed by atoms with Gasteiger partial charge in [-0.25, -0.2) is 0 Å². The van der Waals surface area contributed by atoms with E-state index in [1.54, 1.807) is 0 Å². The van der Waals surface area contributed by atoms with Gasteiger partial charge in [-0.3, -0.25) is 0 Å². The molecule has 0 spiro atoms. The molecule has 23 heavy (non-hydrogen) atoms. The van der Waals surface area contributed by atoms with E-state index in [1.165, 1.54) is 22.3 Å². The van der Waals surface area contributed by atoms with E-state index < -0.39 is 0 Å². The van der Waals surface area contributed by atoms with Crippen LogP contribution in [0.4, 0.5) is 0 Å². The molecule has 1 N–H and O–H groups in total. The van der Waals surface area contributed by atoms with Crippen LogP contribution in [0, 0.1) is 0 Å². The maximum Gasteiger partial charge on any atom is 0.0205 e. The van der Waals surface area contributed by atoms with Gasteiger partial charge in [0.25, 0.3) is 0 Å². The van der Waals surface area contributed by atoms with E-state index in [1.807, 2.05) is 0 Å². The zero-order valence-electron chi connectivity index (χ0n) is 13.1. The van der Waals surface area contributed by atoms with Gasteiger partial charge in [0.1, 0.15) is 0 Å². The highest BCUT2D eigenvalue weighted by Crippen LogP contribution is 2.19. The average molecular weight is 324 g/mol. The molecule has 0 aliphatic rings. The van der Waals surface area contributed by atoms with Crippen LogP contribution in [0.5, 0.6) is 0 Å². The largest absolute Gasteiger partial charge is 0.312 e. The Morgan fingerprint density at radius 2 is 1.13 bits per heavy atom. The van der Waals surface area contributed by atoms with E-state index in [-0.39, 0.29) is 12.4 Å². The Labute approximate surface area is 144 Å². The van der Waals surface area contributed by atoms with Crippen molar-refractivity contribution in [2.24, 2.45) is 0 Å². The third-order valence-electron chi connectivity index (χ3n) is 3.82. The minimum Gasteiger partial charge on any atom is -0.312 e. The lowest BCUT2D eigenvalue weighted by molar-refractivity contribution is 0.687. The summed E-state index contributed by atoms with van der Waals surface area (Å²) in [6.45, 7) is 1.92. The molecule has 0 aliphatic carbocycles. The lowest BCUT2D eigenvalue weighted by Crippen LogP contribution is -2.16. The van der Waals surface area contributed by atoms with Gasteiger partial charge in [-0.1, -0.05) is 84.9 Å². The number of hydrogen-bond donors (Lipinski definition) is 1. The molecule has 1 nitrogen and oxygen atoms in total. The first-order valence-electron chi connectivity index (χ1n) is 7.81. The quantitative estimate of drug-likeness (QED) is 0.622. The number of halogens is 1. The summed E-state index contributed by atoms with van der Waals surface area (Å²) in [5.41, 5.74) is 5.25. The zero-order valence-corrected chi connectivity index (χ0v) is 13.9. The second-order valence-corrected chi connectivity index (χ2v) is 5.48. The van der Waals surface area contributed by atoms with Gasteiger partial charge in [-0.15, -0.1) is 12.4 Å². The standard InChI is InChI=1S/C21H21N.ClH/c1-3-7-18(8-4-1)15-16-22-17-19-11-13-21(14-12-19)20-9-5-2-6-10-20;/h1-14,22H,15-17H2;1H. The second kappa shape index (κ2) is 9.14. The second-order valence-electron chi connectivity index (χ2n) is 5.48. The lowest BCUT2D eigenvalue weighted by atomic mass is 10.0. The summed E-state index contributed by atoms with van der Waals surface area (Å²) < 4.78 is 0. The monoisotopic (exact) mass is 323 g/mol. The molecular weight excluding hydrogens is 302 g/mol. The van der Waals surface area contributed by atoms with Crippen LogP contribution in [-0.2, 0) is 13.0 Å². The van der Waals surface area contributed by atoms with Crippen LogP contribution >= 0.6 is 12.4 Å².